The van der Waals surface area contributed by atoms with Crippen LogP contribution in [0.5, 0.6) is 0 Å². The van der Waals surface area contributed by atoms with Crippen molar-refractivity contribution in [2.45, 2.75) is 13.8 Å². The Morgan fingerprint density at radius 1 is 1.28 bits per heavy atom. The molecule has 0 radical (unpaired) electrons. The minimum absolute atomic E-state index is 0.0870. The van der Waals surface area contributed by atoms with Gasteiger partial charge in [0.25, 0.3) is 5.91 Å². The molecular formula is C14H15BrN2O. The molecule has 3 nitrogen and oxygen atoms in total. The number of hydrogen-bond donors (Lipinski definition) is 1. The molecule has 4 heteroatoms. The Hall–Kier alpha value is -1.55. The summed E-state index contributed by atoms with van der Waals surface area (Å²) in [6.45, 7) is 3.97. The molecule has 0 bridgehead atoms. The van der Waals surface area contributed by atoms with Crippen molar-refractivity contribution in [3.8, 4) is 0 Å². The van der Waals surface area contributed by atoms with Crippen molar-refractivity contribution >= 4 is 27.5 Å². The van der Waals surface area contributed by atoms with Crippen LogP contribution < -0.4 is 5.32 Å². The molecule has 0 aliphatic heterocycles. The first-order chi connectivity index (χ1) is 8.49. The maximum Gasteiger partial charge on any atom is 0.272 e. The average Bonchev–Trinajstić information content (AvgIpc) is 2.69. The van der Waals surface area contributed by atoms with Gasteiger partial charge in [-0.25, -0.2) is 0 Å². The monoisotopic (exact) mass is 306 g/mol. The first-order valence-electron chi connectivity index (χ1n) is 5.68. The molecule has 0 spiro atoms. The lowest BCUT2D eigenvalue weighted by atomic mass is 10.1. The highest BCUT2D eigenvalue weighted by Gasteiger charge is 2.12. The molecule has 0 unspecified atom stereocenters. The Kier molecular flexibility index (Phi) is 3.57. The van der Waals surface area contributed by atoms with Gasteiger partial charge in [0.15, 0.2) is 0 Å². The largest absolute Gasteiger partial charge is 0.347 e. The number of amides is 1. The van der Waals surface area contributed by atoms with Gasteiger partial charge in [0.05, 0.1) is 0 Å². The number of rotatable bonds is 2. The van der Waals surface area contributed by atoms with Crippen LogP contribution in [0.3, 0.4) is 0 Å². The molecule has 1 amide bonds. The first kappa shape index (κ1) is 12.9. The van der Waals surface area contributed by atoms with E-state index in [-0.39, 0.29) is 5.91 Å². The second kappa shape index (κ2) is 4.98. The number of aromatic nitrogens is 1. The lowest BCUT2D eigenvalue weighted by Gasteiger charge is -2.12. The molecule has 18 heavy (non-hydrogen) atoms. The number of benzene rings is 1. The van der Waals surface area contributed by atoms with Crippen LogP contribution in [0.25, 0.3) is 0 Å². The van der Waals surface area contributed by atoms with Crippen LogP contribution in [0.15, 0.2) is 34.9 Å². The minimum Gasteiger partial charge on any atom is -0.347 e. The molecule has 1 aromatic heterocycles. The third-order valence-corrected chi connectivity index (χ3v) is 3.37. The Labute approximate surface area is 115 Å². The quantitative estimate of drug-likeness (QED) is 0.902. The van der Waals surface area contributed by atoms with Gasteiger partial charge in [0, 0.05) is 23.4 Å². The van der Waals surface area contributed by atoms with Crippen molar-refractivity contribution in [2.24, 2.45) is 7.05 Å². The third-order valence-electron chi connectivity index (χ3n) is 2.91. The van der Waals surface area contributed by atoms with Gasteiger partial charge in [-0.2, -0.15) is 0 Å². The molecule has 0 saturated heterocycles. The molecule has 1 N–H and O–H groups in total. The number of halogens is 1. The number of carbonyl (C=O) groups excluding carboxylic acids is 1. The second-order valence-corrected chi connectivity index (χ2v) is 5.29. The summed E-state index contributed by atoms with van der Waals surface area (Å²) in [6, 6.07) is 7.65. The van der Waals surface area contributed by atoms with Gasteiger partial charge >= 0.3 is 0 Å². The zero-order valence-corrected chi connectivity index (χ0v) is 12.2. The van der Waals surface area contributed by atoms with Crippen molar-refractivity contribution in [2.75, 3.05) is 5.32 Å². The summed E-state index contributed by atoms with van der Waals surface area (Å²) in [4.78, 5) is 12.1. The van der Waals surface area contributed by atoms with E-state index in [0.717, 1.165) is 21.3 Å². The van der Waals surface area contributed by atoms with Crippen molar-refractivity contribution in [1.29, 1.82) is 0 Å². The van der Waals surface area contributed by atoms with Crippen LogP contribution in [0.2, 0.25) is 0 Å². The van der Waals surface area contributed by atoms with Crippen molar-refractivity contribution in [1.82, 2.24) is 4.57 Å². The van der Waals surface area contributed by atoms with Crippen LogP contribution in [0.1, 0.15) is 21.6 Å². The highest BCUT2D eigenvalue weighted by Crippen LogP contribution is 2.25. The molecule has 2 aromatic rings. The van der Waals surface area contributed by atoms with Crippen LogP contribution >= 0.6 is 15.9 Å². The Morgan fingerprint density at radius 2 is 1.89 bits per heavy atom. The van der Waals surface area contributed by atoms with E-state index in [4.69, 9.17) is 0 Å². The van der Waals surface area contributed by atoms with Crippen molar-refractivity contribution in [3.63, 3.8) is 0 Å². The summed E-state index contributed by atoms with van der Waals surface area (Å²) in [5, 5.41) is 2.97. The van der Waals surface area contributed by atoms with Gasteiger partial charge in [-0.1, -0.05) is 15.9 Å². The molecule has 0 atom stereocenters. The average molecular weight is 307 g/mol. The summed E-state index contributed by atoms with van der Waals surface area (Å²) < 4.78 is 2.83. The zero-order chi connectivity index (χ0) is 13.3. The fourth-order valence-electron chi connectivity index (χ4n) is 1.98. The van der Waals surface area contributed by atoms with E-state index < -0.39 is 0 Å². The molecule has 0 saturated carbocycles. The SMILES string of the molecule is Cc1cc(Br)cc(C)c1NC(=O)c1cccn1C. The number of hydrogen-bond acceptors (Lipinski definition) is 1. The molecule has 2 rings (SSSR count). The van der Waals surface area contributed by atoms with Crippen LogP contribution in [0, 0.1) is 13.8 Å². The molecule has 1 heterocycles. The summed E-state index contributed by atoms with van der Waals surface area (Å²) in [7, 11) is 1.86. The van der Waals surface area contributed by atoms with Gasteiger partial charge in [-0.05, 0) is 49.2 Å². The fraction of sp³-hybridized carbons (Fsp3) is 0.214. The van der Waals surface area contributed by atoms with E-state index in [9.17, 15) is 4.79 Å². The lowest BCUT2D eigenvalue weighted by molar-refractivity contribution is 0.101. The summed E-state index contributed by atoms with van der Waals surface area (Å²) in [6.07, 6.45) is 1.86. The van der Waals surface area contributed by atoms with E-state index in [1.165, 1.54) is 0 Å². The highest BCUT2D eigenvalue weighted by atomic mass is 79.9. The number of nitrogens with one attached hydrogen (secondary N) is 1. The normalized spacial score (nSPS) is 10.4. The molecule has 0 aliphatic carbocycles. The van der Waals surface area contributed by atoms with Gasteiger partial charge < -0.3 is 9.88 Å². The smallest absolute Gasteiger partial charge is 0.272 e. The number of anilines is 1. The summed E-state index contributed by atoms with van der Waals surface area (Å²) in [5.41, 5.74) is 3.62. The summed E-state index contributed by atoms with van der Waals surface area (Å²) in [5.74, 6) is -0.0870. The Morgan fingerprint density at radius 3 is 2.39 bits per heavy atom. The molecule has 0 aliphatic rings. The highest BCUT2D eigenvalue weighted by molar-refractivity contribution is 9.10. The predicted molar refractivity (Wildman–Crippen MR) is 77.0 cm³/mol. The van der Waals surface area contributed by atoms with E-state index >= 15 is 0 Å². The fourth-order valence-corrected chi connectivity index (χ4v) is 2.67. The zero-order valence-electron chi connectivity index (χ0n) is 10.6. The van der Waals surface area contributed by atoms with Crippen LogP contribution in [-0.4, -0.2) is 10.5 Å². The van der Waals surface area contributed by atoms with Crippen molar-refractivity contribution in [3.05, 3.63) is 51.8 Å². The standard InChI is InChI=1S/C14H15BrN2O/c1-9-7-11(15)8-10(2)13(9)16-14(18)12-5-4-6-17(12)3/h4-8H,1-3H3,(H,16,18). The van der Waals surface area contributed by atoms with E-state index in [0.29, 0.717) is 5.69 Å². The first-order valence-corrected chi connectivity index (χ1v) is 6.48. The maximum atomic E-state index is 12.1. The predicted octanol–water partition coefficient (Wildman–Crippen LogP) is 3.66. The topological polar surface area (TPSA) is 34.0 Å². The Bertz CT molecular complexity index is 579. The van der Waals surface area contributed by atoms with E-state index in [1.807, 2.05) is 45.3 Å². The van der Waals surface area contributed by atoms with Gasteiger partial charge in [-0.3, -0.25) is 4.79 Å². The van der Waals surface area contributed by atoms with Gasteiger partial charge in [0.2, 0.25) is 0 Å². The van der Waals surface area contributed by atoms with Crippen molar-refractivity contribution < 1.29 is 4.79 Å². The number of carbonyl (C=O) groups is 1. The number of nitrogens with zero attached hydrogens (tertiary/aromatic N) is 1. The third kappa shape index (κ3) is 2.48. The van der Waals surface area contributed by atoms with Gasteiger partial charge in [0.1, 0.15) is 5.69 Å². The minimum atomic E-state index is -0.0870. The van der Waals surface area contributed by atoms with Crippen LogP contribution in [0.4, 0.5) is 5.69 Å². The maximum absolute atomic E-state index is 12.1. The molecule has 94 valence electrons. The number of aryl methyl sites for hydroxylation is 3. The molecule has 0 fully saturated rings. The van der Waals surface area contributed by atoms with E-state index in [1.54, 1.807) is 10.6 Å². The van der Waals surface area contributed by atoms with Gasteiger partial charge in [-0.15, -0.1) is 0 Å². The summed E-state index contributed by atoms with van der Waals surface area (Å²) >= 11 is 3.45. The lowest BCUT2D eigenvalue weighted by Crippen LogP contribution is -2.16. The Balaban J connectivity index is 2.31. The second-order valence-electron chi connectivity index (χ2n) is 4.37. The van der Waals surface area contributed by atoms with Crippen LogP contribution in [-0.2, 0) is 7.05 Å². The molecular weight excluding hydrogens is 292 g/mol. The molecule has 1 aromatic carbocycles. The van der Waals surface area contributed by atoms with E-state index in [2.05, 4.69) is 21.2 Å².